The second kappa shape index (κ2) is 8.13. The number of aryl methyl sites for hydroxylation is 1. The van der Waals surface area contributed by atoms with Crippen molar-refractivity contribution < 1.29 is 4.79 Å². The van der Waals surface area contributed by atoms with Gasteiger partial charge in [0.05, 0.1) is 0 Å². The van der Waals surface area contributed by atoms with Crippen molar-refractivity contribution in [2.24, 2.45) is 0 Å². The highest BCUT2D eigenvalue weighted by Crippen LogP contribution is 2.35. The van der Waals surface area contributed by atoms with Gasteiger partial charge >= 0.3 is 6.03 Å². The number of rotatable bonds is 4. The molecule has 2 bridgehead atoms. The summed E-state index contributed by atoms with van der Waals surface area (Å²) < 4.78 is 0. The zero-order valence-electron chi connectivity index (χ0n) is 16.0. The average molecular weight is 364 g/mol. The molecule has 3 atom stereocenters. The number of carbonyl (C=O) groups excluding carboxylic acids is 1. The maximum absolute atomic E-state index is 12.4. The molecule has 2 amide bonds. The Morgan fingerprint density at radius 2 is 1.78 bits per heavy atom. The third kappa shape index (κ3) is 4.51. The van der Waals surface area contributed by atoms with E-state index >= 15 is 0 Å². The van der Waals surface area contributed by atoms with E-state index in [-0.39, 0.29) is 12.1 Å². The van der Waals surface area contributed by atoms with E-state index in [1.165, 1.54) is 24.8 Å². The molecular formula is C23H29N3O. The molecule has 0 saturated carbocycles. The maximum atomic E-state index is 12.4. The van der Waals surface area contributed by atoms with Crippen molar-refractivity contribution in [1.29, 1.82) is 0 Å². The predicted molar refractivity (Wildman–Crippen MR) is 110 cm³/mol. The highest BCUT2D eigenvalue weighted by molar-refractivity contribution is 5.89. The first-order valence-electron chi connectivity index (χ1n) is 10.1. The quantitative estimate of drug-likeness (QED) is 0.827. The molecule has 2 heterocycles. The summed E-state index contributed by atoms with van der Waals surface area (Å²) in [6, 6.07) is 20.0. The molecular weight excluding hydrogens is 334 g/mol. The van der Waals surface area contributed by atoms with E-state index in [1.54, 1.807) is 0 Å². The Bertz CT molecular complexity index is 762. The van der Waals surface area contributed by atoms with Gasteiger partial charge in [-0.25, -0.2) is 4.79 Å². The van der Waals surface area contributed by atoms with Gasteiger partial charge in [-0.3, -0.25) is 4.90 Å². The van der Waals surface area contributed by atoms with Crippen LogP contribution in [0.25, 0.3) is 0 Å². The minimum absolute atomic E-state index is 0.0832. The number of anilines is 1. The molecule has 2 aromatic carbocycles. The van der Waals surface area contributed by atoms with Crippen molar-refractivity contribution in [2.45, 2.75) is 63.7 Å². The van der Waals surface area contributed by atoms with Crippen LogP contribution in [-0.2, 0) is 6.54 Å². The van der Waals surface area contributed by atoms with E-state index in [9.17, 15) is 4.79 Å². The molecule has 0 aliphatic carbocycles. The summed E-state index contributed by atoms with van der Waals surface area (Å²) in [4.78, 5) is 15.1. The standard InChI is InChI=1S/C23H29N3O/c1-17-7-5-10-19(13-17)24-23(27)25-20-14-21-11-6-12-22(15-20)26(21)16-18-8-3-2-4-9-18/h2-5,7-10,13,20-22H,6,11-12,14-16H2,1H3,(H2,24,25,27)/t20?,21-,22+. The second-order valence-electron chi connectivity index (χ2n) is 8.03. The molecule has 4 rings (SSSR count). The Balaban J connectivity index is 1.36. The van der Waals surface area contributed by atoms with E-state index in [2.05, 4.69) is 45.9 Å². The average Bonchev–Trinajstić information content (AvgIpc) is 2.63. The van der Waals surface area contributed by atoms with E-state index < -0.39 is 0 Å². The van der Waals surface area contributed by atoms with Crippen LogP contribution in [0, 0.1) is 6.92 Å². The lowest BCUT2D eigenvalue weighted by Crippen LogP contribution is -2.56. The van der Waals surface area contributed by atoms with Crippen LogP contribution in [0.1, 0.15) is 43.2 Å². The normalized spacial score (nSPS) is 25.0. The van der Waals surface area contributed by atoms with Crippen LogP contribution in [0.15, 0.2) is 54.6 Å². The molecule has 27 heavy (non-hydrogen) atoms. The van der Waals surface area contributed by atoms with Gasteiger partial charge in [0.25, 0.3) is 0 Å². The first-order chi connectivity index (χ1) is 13.2. The lowest BCUT2D eigenvalue weighted by Gasteiger charge is -2.49. The SMILES string of the molecule is Cc1cccc(NC(=O)NC2C[C@H]3CCC[C@@H](C2)N3Cc2ccccc2)c1. The smallest absolute Gasteiger partial charge is 0.319 e. The number of nitrogens with one attached hydrogen (secondary N) is 2. The fourth-order valence-corrected chi connectivity index (χ4v) is 4.72. The van der Waals surface area contributed by atoms with Crippen LogP contribution in [0.5, 0.6) is 0 Å². The molecule has 4 heteroatoms. The van der Waals surface area contributed by atoms with Crippen LogP contribution in [0.3, 0.4) is 0 Å². The molecule has 1 unspecified atom stereocenters. The number of urea groups is 1. The largest absolute Gasteiger partial charge is 0.335 e. The maximum Gasteiger partial charge on any atom is 0.319 e. The van der Waals surface area contributed by atoms with Gasteiger partial charge in [-0.05, 0) is 55.9 Å². The van der Waals surface area contributed by atoms with Crippen LogP contribution in [-0.4, -0.2) is 29.1 Å². The molecule has 2 N–H and O–H groups in total. The first kappa shape index (κ1) is 18.1. The molecule has 0 radical (unpaired) electrons. The molecule has 0 aromatic heterocycles. The number of benzene rings is 2. The molecule has 2 saturated heterocycles. The Labute approximate surface area is 162 Å². The van der Waals surface area contributed by atoms with Crippen molar-refractivity contribution in [3.8, 4) is 0 Å². The predicted octanol–water partition coefficient (Wildman–Crippen LogP) is 4.70. The van der Waals surface area contributed by atoms with Crippen molar-refractivity contribution in [2.75, 3.05) is 5.32 Å². The van der Waals surface area contributed by atoms with Gasteiger partial charge in [-0.1, -0.05) is 48.9 Å². The van der Waals surface area contributed by atoms with Gasteiger partial charge in [-0.15, -0.1) is 0 Å². The minimum atomic E-state index is -0.0832. The number of hydrogen-bond donors (Lipinski definition) is 2. The second-order valence-corrected chi connectivity index (χ2v) is 8.03. The van der Waals surface area contributed by atoms with E-state index in [1.807, 2.05) is 31.2 Å². The van der Waals surface area contributed by atoms with E-state index in [0.717, 1.165) is 30.6 Å². The summed E-state index contributed by atoms with van der Waals surface area (Å²) >= 11 is 0. The third-order valence-corrected chi connectivity index (χ3v) is 5.95. The Morgan fingerprint density at radius 1 is 1.04 bits per heavy atom. The molecule has 2 fully saturated rings. The van der Waals surface area contributed by atoms with Crippen molar-refractivity contribution in [1.82, 2.24) is 10.2 Å². The van der Waals surface area contributed by atoms with Gasteiger partial charge in [0, 0.05) is 30.4 Å². The molecule has 142 valence electrons. The molecule has 0 spiro atoms. The highest BCUT2D eigenvalue weighted by atomic mass is 16.2. The Kier molecular flexibility index (Phi) is 5.44. The number of fused-ring (bicyclic) bond motifs is 2. The number of carbonyl (C=O) groups is 1. The number of hydrogen-bond acceptors (Lipinski definition) is 2. The number of amides is 2. The minimum Gasteiger partial charge on any atom is -0.335 e. The van der Waals surface area contributed by atoms with Crippen molar-refractivity contribution in [3.05, 3.63) is 65.7 Å². The molecule has 4 nitrogen and oxygen atoms in total. The van der Waals surface area contributed by atoms with Gasteiger partial charge in [-0.2, -0.15) is 0 Å². The van der Waals surface area contributed by atoms with Gasteiger partial charge in [0.15, 0.2) is 0 Å². The summed E-state index contributed by atoms with van der Waals surface area (Å²) in [7, 11) is 0. The zero-order chi connectivity index (χ0) is 18.6. The first-order valence-corrected chi connectivity index (χ1v) is 10.1. The summed E-state index contributed by atoms with van der Waals surface area (Å²) in [5, 5.41) is 6.21. The summed E-state index contributed by atoms with van der Waals surface area (Å²) in [6.45, 7) is 3.06. The summed E-state index contributed by atoms with van der Waals surface area (Å²) in [5.41, 5.74) is 3.39. The number of nitrogens with zero attached hydrogens (tertiary/aromatic N) is 1. The monoisotopic (exact) mass is 363 g/mol. The van der Waals surface area contributed by atoms with Crippen LogP contribution in [0.2, 0.25) is 0 Å². The Morgan fingerprint density at radius 3 is 2.48 bits per heavy atom. The fourth-order valence-electron chi connectivity index (χ4n) is 4.72. The van der Waals surface area contributed by atoms with E-state index in [0.29, 0.717) is 12.1 Å². The topological polar surface area (TPSA) is 44.4 Å². The van der Waals surface area contributed by atoms with Crippen molar-refractivity contribution in [3.63, 3.8) is 0 Å². The fraction of sp³-hybridized carbons (Fsp3) is 0.435. The lowest BCUT2D eigenvalue weighted by molar-refractivity contribution is 0.0200. The molecule has 2 aliphatic heterocycles. The van der Waals surface area contributed by atoms with Gasteiger partial charge in [0.1, 0.15) is 0 Å². The lowest BCUT2D eigenvalue weighted by atomic mass is 9.81. The summed E-state index contributed by atoms with van der Waals surface area (Å²) in [5.74, 6) is 0. The highest BCUT2D eigenvalue weighted by Gasteiger charge is 2.38. The van der Waals surface area contributed by atoms with E-state index in [4.69, 9.17) is 0 Å². The van der Waals surface area contributed by atoms with Crippen LogP contribution in [0.4, 0.5) is 10.5 Å². The molecule has 2 aromatic rings. The molecule has 2 aliphatic rings. The zero-order valence-corrected chi connectivity index (χ0v) is 16.0. The third-order valence-electron chi connectivity index (χ3n) is 5.95. The van der Waals surface area contributed by atoms with Gasteiger partial charge < -0.3 is 10.6 Å². The van der Waals surface area contributed by atoms with Crippen molar-refractivity contribution >= 4 is 11.7 Å². The van der Waals surface area contributed by atoms with Crippen LogP contribution < -0.4 is 10.6 Å². The summed E-state index contributed by atoms with van der Waals surface area (Å²) in [6.07, 6.45) is 5.87. The Hall–Kier alpha value is -2.33. The number of piperidine rings is 2. The van der Waals surface area contributed by atoms with Gasteiger partial charge in [0.2, 0.25) is 0 Å². The van der Waals surface area contributed by atoms with Crippen LogP contribution >= 0.6 is 0 Å².